The van der Waals surface area contributed by atoms with Crippen molar-refractivity contribution in [3.8, 4) is 11.5 Å². The molecule has 0 atom stereocenters. The van der Waals surface area contributed by atoms with Gasteiger partial charge >= 0.3 is 0 Å². The van der Waals surface area contributed by atoms with Crippen molar-refractivity contribution in [2.75, 3.05) is 7.11 Å². The highest BCUT2D eigenvalue weighted by molar-refractivity contribution is 6.30. The van der Waals surface area contributed by atoms with Crippen molar-refractivity contribution in [3.05, 3.63) is 58.6 Å². The van der Waals surface area contributed by atoms with Crippen LogP contribution in [0.4, 0.5) is 0 Å². The highest BCUT2D eigenvalue weighted by atomic mass is 35.5. The second kappa shape index (κ2) is 7.03. The number of ether oxygens (including phenoxy) is 2. The second-order valence-corrected chi connectivity index (χ2v) is 6.00. The topological polar surface area (TPSA) is 30.5 Å². The quantitative estimate of drug-likeness (QED) is 0.831. The van der Waals surface area contributed by atoms with Crippen LogP contribution in [0.2, 0.25) is 5.02 Å². The molecule has 0 radical (unpaired) electrons. The molecule has 0 saturated heterocycles. The molecule has 1 saturated carbocycles. The molecule has 3 nitrogen and oxygen atoms in total. The van der Waals surface area contributed by atoms with Gasteiger partial charge in [0.2, 0.25) is 0 Å². The van der Waals surface area contributed by atoms with Crippen LogP contribution >= 0.6 is 11.6 Å². The van der Waals surface area contributed by atoms with Gasteiger partial charge in [0.1, 0.15) is 6.61 Å². The minimum atomic E-state index is 0.469. The molecule has 1 N–H and O–H groups in total. The van der Waals surface area contributed by atoms with E-state index in [1.807, 2.05) is 36.4 Å². The van der Waals surface area contributed by atoms with Gasteiger partial charge in [0.05, 0.1) is 7.11 Å². The Bertz CT molecular complexity index is 641. The first-order valence-electron chi connectivity index (χ1n) is 7.52. The minimum absolute atomic E-state index is 0.469. The average molecular weight is 318 g/mol. The Morgan fingerprint density at radius 3 is 2.68 bits per heavy atom. The molecule has 0 heterocycles. The van der Waals surface area contributed by atoms with E-state index in [2.05, 4.69) is 11.4 Å². The molecular weight excluding hydrogens is 298 g/mol. The monoisotopic (exact) mass is 317 g/mol. The molecule has 0 bridgehead atoms. The first-order valence-corrected chi connectivity index (χ1v) is 7.90. The molecule has 116 valence electrons. The number of nitrogens with one attached hydrogen (secondary N) is 1. The van der Waals surface area contributed by atoms with E-state index in [1.165, 1.54) is 18.4 Å². The Morgan fingerprint density at radius 2 is 1.95 bits per heavy atom. The zero-order valence-corrected chi connectivity index (χ0v) is 13.4. The van der Waals surface area contributed by atoms with E-state index in [4.69, 9.17) is 21.1 Å². The van der Waals surface area contributed by atoms with Crippen LogP contribution in [0.3, 0.4) is 0 Å². The second-order valence-electron chi connectivity index (χ2n) is 5.56. The lowest BCUT2D eigenvalue weighted by atomic mass is 10.2. The molecule has 4 heteroatoms. The molecule has 0 spiro atoms. The normalized spacial score (nSPS) is 13.9. The van der Waals surface area contributed by atoms with Crippen molar-refractivity contribution in [1.29, 1.82) is 0 Å². The number of hydrogen-bond donors (Lipinski definition) is 1. The largest absolute Gasteiger partial charge is 0.493 e. The van der Waals surface area contributed by atoms with Crippen molar-refractivity contribution in [2.24, 2.45) is 0 Å². The number of hydrogen-bond acceptors (Lipinski definition) is 3. The molecule has 1 aliphatic carbocycles. The maximum atomic E-state index is 5.98. The molecular formula is C18H20ClNO2. The molecule has 22 heavy (non-hydrogen) atoms. The number of halogens is 1. The van der Waals surface area contributed by atoms with E-state index >= 15 is 0 Å². The van der Waals surface area contributed by atoms with Gasteiger partial charge in [-0.3, -0.25) is 0 Å². The average Bonchev–Trinajstić information content (AvgIpc) is 3.35. The smallest absolute Gasteiger partial charge is 0.161 e. The van der Waals surface area contributed by atoms with Crippen molar-refractivity contribution in [1.82, 2.24) is 5.32 Å². The first kappa shape index (κ1) is 15.2. The van der Waals surface area contributed by atoms with Crippen LogP contribution in [-0.4, -0.2) is 13.2 Å². The van der Waals surface area contributed by atoms with Gasteiger partial charge in [-0.2, -0.15) is 0 Å². The molecule has 0 unspecified atom stereocenters. The molecule has 1 fully saturated rings. The Hall–Kier alpha value is -1.71. The fraction of sp³-hybridized carbons (Fsp3) is 0.333. The lowest BCUT2D eigenvalue weighted by Crippen LogP contribution is -2.15. The Labute approximate surface area is 136 Å². The van der Waals surface area contributed by atoms with Crippen LogP contribution in [0.1, 0.15) is 24.0 Å². The van der Waals surface area contributed by atoms with Crippen LogP contribution < -0.4 is 14.8 Å². The van der Waals surface area contributed by atoms with Crippen LogP contribution in [0.15, 0.2) is 42.5 Å². The maximum Gasteiger partial charge on any atom is 0.161 e. The molecule has 2 aromatic rings. The summed E-state index contributed by atoms with van der Waals surface area (Å²) >= 11 is 5.98. The van der Waals surface area contributed by atoms with Gasteiger partial charge in [-0.25, -0.2) is 0 Å². The standard InChI is InChI=1S/C18H20ClNO2/c1-21-18-10-13(11-20-16-6-7-16)5-8-17(18)22-12-14-3-2-4-15(19)9-14/h2-5,8-10,16,20H,6-7,11-12H2,1H3. The van der Waals surface area contributed by atoms with Gasteiger partial charge in [0, 0.05) is 17.6 Å². The van der Waals surface area contributed by atoms with Gasteiger partial charge < -0.3 is 14.8 Å². The van der Waals surface area contributed by atoms with E-state index < -0.39 is 0 Å². The number of benzene rings is 2. The fourth-order valence-corrected chi connectivity index (χ4v) is 2.49. The summed E-state index contributed by atoms with van der Waals surface area (Å²) < 4.78 is 11.3. The van der Waals surface area contributed by atoms with E-state index in [1.54, 1.807) is 7.11 Å². The number of methoxy groups -OCH3 is 1. The predicted octanol–water partition coefficient (Wildman–Crippen LogP) is 4.18. The number of rotatable bonds is 7. The summed E-state index contributed by atoms with van der Waals surface area (Å²) in [6, 6.07) is 14.4. The lowest BCUT2D eigenvalue weighted by molar-refractivity contribution is 0.284. The highest BCUT2D eigenvalue weighted by Gasteiger charge is 2.20. The maximum absolute atomic E-state index is 5.98. The summed E-state index contributed by atoms with van der Waals surface area (Å²) in [4.78, 5) is 0. The third-order valence-electron chi connectivity index (χ3n) is 3.68. The van der Waals surface area contributed by atoms with Crippen molar-refractivity contribution in [3.63, 3.8) is 0 Å². The van der Waals surface area contributed by atoms with Crippen LogP contribution in [0, 0.1) is 0 Å². The van der Waals surface area contributed by atoms with Crippen LogP contribution in [0.5, 0.6) is 11.5 Å². The molecule has 0 amide bonds. The van der Waals surface area contributed by atoms with Gasteiger partial charge in [0.15, 0.2) is 11.5 Å². The Kier molecular flexibility index (Phi) is 4.86. The van der Waals surface area contributed by atoms with Crippen molar-refractivity contribution >= 4 is 11.6 Å². The molecule has 1 aliphatic rings. The van der Waals surface area contributed by atoms with Gasteiger partial charge in [-0.1, -0.05) is 29.8 Å². The zero-order chi connectivity index (χ0) is 15.4. The van der Waals surface area contributed by atoms with Gasteiger partial charge in [-0.15, -0.1) is 0 Å². The molecule has 0 aromatic heterocycles. The molecule has 2 aromatic carbocycles. The highest BCUT2D eigenvalue weighted by Crippen LogP contribution is 2.29. The van der Waals surface area contributed by atoms with E-state index in [9.17, 15) is 0 Å². The van der Waals surface area contributed by atoms with Crippen molar-refractivity contribution < 1.29 is 9.47 Å². The third kappa shape index (κ3) is 4.15. The summed E-state index contributed by atoms with van der Waals surface area (Å²) in [6.45, 7) is 1.34. The van der Waals surface area contributed by atoms with Gasteiger partial charge in [0.25, 0.3) is 0 Å². The Balaban J connectivity index is 1.64. The summed E-state index contributed by atoms with van der Waals surface area (Å²) in [5.74, 6) is 1.51. The fourth-order valence-electron chi connectivity index (χ4n) is 2.28. The SMILES string of the molecule is COc1cc(CNC2CC2)ccc1OCc1cccc(Cl)c1. The van der Waals surface area contributed by atoms with Crippen LogP contribution in [0.25, 0.3) is 0 Å². The van der Waals surface area contributed by atoms with Crippen molar-refractivity contribution in [2.45, 2.75) is 32.0 Å². The summed E-state index contributed by atoms with van der Waals surface area (Å²) in [5.41, 5.74) is 2.24. The van der Waals surface area contributed by atoms with Crippen LogP contribution in [-0.2, 0) is 13.2 Å². The van der Waals surface area contributed by atoms with E-state index in [-0.39, 0.29) is 0 Å². The zero-order valence-electron chi connectivity index (χ0n) is 12.6. The summed E-state index contributed by atoms with van der Waals surface area (Å²) in [5, 5.41) is 4.21. The molecule has 3 rings (SSSR count). The Morgan fingerprint density at radius 1 is 1.09 bits per heavy atom. The first-order chi connectivity index (χ1) is 10.7. The summed E-state index contributed by atoms with van der Waals surface area (Å²) in [7, 11) is 1.67. The van der Waals surface area contributed by atoms with E-state index in [0.717, 1.165) is 28.6 Å². The molecule has 0 aliphatic heterocycles. The predicted molar refractivity (Wildman–Crippen MR) is 88.6 cm³/mol. The van der Waals surface area contributed by atoms with E-state index in [0.29, 0.717) is 12.6 Å². The third-order valence-corrected chi connectivity index (χ3v) is 3.92. The summed E-state index contributed by atoms with van der Waals surface area (Å²) in [6.07, 6.45) is 2.58. The lowest BCUT2D eigenvalue weighted by Gasteiger charge is -2.13. The van der Waals surface area contributed by atoms with Gasteiger partial charge in [-0.05, 0) is 48.2 Å². The minimum Gasteiger partial charge on any atom is -0.493 e.